The van der Waals surface area contributed by atoms with Crippen LogP contribution in [0.3, 0.4) is 0 Å². The summed E-state index contributed by atoms with van der Waals surface area (Å²) < 4.78 is 45.4. The first-order valence-corrected chi connectivity index (χ1v) is 9.48. The smallest absolute Gasteiger partial charge is 0.177 e. The maximum atomic E-state index is 11.5. The molecule has 0 bridgehead atoms. The Bertz CT molecular complexity index is 666. The Balaban J connectivity index is 3.04. The molecule has 6 nitrogen and oxygen atoms in total. The summed E-state index contributed by atoms with van der Waals surface area (Å²) in [6.45, 7) is 1.69. The largest absolute Gasteiger partial charge is 0.396 e. The minimum Gasteiger partial charge on any atom is -0.396 e. The summed E-state index contributed by atoms with van der Waals surface area (Å²) >= 11 is 0. The van der Waals surface area contributed by atoms with Gasteiger partial charge in [0.1, 0.15) is 9.84 Å². The van der Waals surface area contributed by atoms with Gasteiger partial charge in [0, 0.05) is 18.6 Å². The van der Waals surface area contributed by atoms with E-state index in [4.69, 9.17) is 5.73 Å². The van der Waals surface area contributed by atoms with Gasteiger partial charge in [-0.25, -0.2) is 16.8 Å². The van der Waals surface area contributed by atoms with E-state index in [1.54, 1.807) is 19.1 Å². The van der Waals surface area contributed by atoms with E-state index in [9.17, 15) is 16.8 Å². The lowest BCUT2D eigenvalue weighted by atomic mass is 10.2. The van der Waals surface area contributed by atoms with Crippen molar-refractivity contribution in [1.82, 2.24) is 0 Å². The number of nitrogen functional groups attached to an aromatic ring is 1. The Kier molecular flexibility index (Phi) is 4.46. The van der Waals surface area contributed by atoms with Gasteiger partial charge in [-0.05, 0) is 19.1 Å². The molecule has 1 unspecified atom stereocenters. The molecule has 3 N–H and O–H groups in total. The van der Waals surface area contributed by atoms with Crippen LogP contribution in [0.4, 0.5) is 11.4 Å². The van der Waals surface area contributed by atoms with E-state index in [1.165, 1.54) is 6.07 Å². The molecule has 1 rings (SSSR count). The third-order valence-corrected chi connectivity index (χ3v) is 4.68. The minimum absolute atomic E-state index is 0.0315. The number of anilines is 2. The highest BCUT2D eigenvalue weighted by atomic mass is 32.2. The van der Waals surface area contributed by atoms with Gasteiger partial charge in [0.25, 0.3) is 0 Å². The summed E-state index contributed by atoms with van der Waals surface area (Å²) in [4.78, 5) is 0.0315. The lowest BCUT2D eigenvalue weighted by molar-refractivity contribution is 0.597. The van der Waals surface area contributed by atoms with Gasteiger partial charge in [0.05, 0.1) is 22.0 Å². The quantitative estimate of drug-likeness (QED) is 0.768. The highest BCUT2D eigenvalue weighted by Crippen LogP contribution is 2.27. The lowest BCUT2D eigenvalue weighted by Crippen LogP contribution is -2.25. The van der Waals surface area contributed by atoms with Crippen LogP contribution in [0.2, 0.25) is 0 Å². The first kappa shape index (κ1) is 15.8. The molecule has 0 saturated heterocycles. The average molecular weight is 306 g/mol. The summed E-state index contributed by atoms with van der Waals surface area (Å²) in [6.07, 6.45) is 2.21. The maximum Gasteiger partial charge on any atom is 0.177 e. The molecule has 0 aliphatic heterocycles. The van der Waals surface area contributed by atoms with Gasteiger partial charge in [-0.2, -0.15) is 0 Å². The van der Waals surface area contributed by atoms with Crippen molar-refractivity contribution in [2.24, 2.45) is 0 Å². The molecule has 1 atom stereocenters. The number of hydrogen-bond donors (Lipinski definition) is 2. The van der Waals surface area contributed by atoms with E-state index < -0.39 is 19.7 Å². The normalized spacial score (nSPS) is 14.1. The van der Waals surface area contributed by atoms with Crippen LogP contribution < -0.4 is 11.1 Å². The lowest BCUT2D eigenvalue weighted by Gasteiger charge is -2.17. The van der Waals surface area contributed by atoms with Crippen LogP contribution >= 0.6 is 0 Å². The van der Waals surface area contributed by atoms with E-state index in [0.717, 1.165) is 12.5 Å². The van der Waals surface area contributed by atoms with Crippen LogP contribution in [0.1, 0.15) is 6.92 Å². The second-order valence-corrected chi connectivity index (χ2v) is 8.80. The SMILES string of the molecule is CC(CS(C)(=O)=O)Nc1cccc(S(C)(=O)=O)c1N. The number of sulfone groups is 2. The fourth-order valence-electron chi connectivity index (χ4n) is 1.75. The van der Waals surface area contributed by atoms with Crippen molar-refractivity contribution in [3.8, 4) is 0 Å². The molecule has 8 heteroatoms. The molecule has 19 heavy (non-hydrogen) atoms. The first-order chi connectivity index (χ1) is 8.50. The van der Waals surface area contributed by atoms with E-state index in [-0.39, 0.29) is 22.4 Å². The van der Waals surface area contributed by atoms with Gasteiger partial charge in [-0.3, -0.25) is 0 Å². The Morgan fingerprint density at radius 2 is 1.79 bits per heavy atom. The average Bonchev–Trinajstić information content (AvgIpc) is 2.16. The van der Waals surface area contributed by atoms with Crippen molar-refractivity contribution >= 4 is 31.0 Å². The van der Waals surface area contributed by atoms with Crippen LogP contribution in [0.25, 0.3) is 0 Å². The molecule has 0 aromatic heterocycles. The molecule has 0 fully saturated rings. The van der Waals surface area contributed by atoms with Crippen LogP contribution in [0.15, 0.2) is 23.1 Å². The number of rotatable bonds is 5. The monoisotopic (exact) mass is 306 g/mol. The maximum absolute atomic E-state index is 11.5. The standard InChI is InChI=1S/C11H18N2O4S2/c1-8(7-18(2,14)15)13-9-5-4-6-10(11(9)12)19(3,16)17/h4-6,8,13H,7,12H2,1-3H3. The van der Waals surface area contributed by atoms with E-state index >= 15 is 0 Å². The minimum atomic E-state index is -3.41. The number of nitrogens with two attached hydrogens (primary N) is 1. The fourth-order valence-corrected chi connectivity index (χ4v) is 3.58. The Morgan fingerprint density at radius 1 is 1.21 bits per heavy atom. The number of benzene rings is 1. The van der Waals surface area contributed by atoms with Crippen LogP contribution in [0, 0.1) is 0 Å². The van der Waals surface area contributed by atoms with Gasteiger partial charge in [0.2, 0.25) is 0 Å². The Hall–Kier alpha value is -1.28. The predicted molar refractivity (Wildman–Crippen MR) is 76.8 cm³/mol. The molecular weight excluding hydrogens is 288 g/mol. The van der Waals surface area contributed by atoms with Crippen molar-refractivity contribution in [2.45, 2.75) is 17.9 Å². The van der Waals surface area contributed by atoms with Gasteiger partial charge in [-0.1, -0.05) is 6.07 Å². The molecule has 0 heterocycles. The van der Waals surface area contributed by atoms with Gasteiger partial charge in [0.15, 0.2) is 9.84 Å². The van der Waals surface area contributed by atoms with Crippen molar-refractivity contribution in [3.63, 3.8) is 0 Å². The zero-order valence-corrected chi connectivity index (χ0v) is 12.7. The van der Waals surface area contributed by atoms with E-state index in [0.29, 0.717) is 5.69 Å². The molecule has 0 aliphatic rings. The molecule has 0 aliphatic carbocycles. The van der Waals surface area contributed by atoms with Crippen molar-refractivity contribution < 1.29 is 16.8 Å². The number of hydrogen-bond acceptors (Lipinski definition) is 6. The molecule has 1 aromatic carbocycles. The molecule has 0 radical (unpaired) electrons. The molecule has 0 amide bonds. The molecular formula is C11H18N2O4S2. The van der Waals surface area contributed by atoms with Gasteiger partial charge < -0.3 is 11.1 Å². The summed E-state index contributed by atoms with van der Waals surface area (Å²) in [7, 11) is -6.53. The van der Waals surface area contributed by atoms with Gasteiger partial charge >= 0.3 is 0 Å². The summed E-state index contributed by atoms with van der Waals surface area (Å²) in [5.74, 6) is -0.0600. The molecule has 0 spiro atoms. The Morgan fingerprint density at radius 3 is 2.26 bits per heavy atom. The second-order valence-electron chi connectivity index (χ2n) is 4.63. The van der Waals surface area contributed by atoms with Crippen LogP contribution in [-0.4, -0.2) is 41.1 Å². The highest BCUT2D eigenvalue weighted by molar-refractivity contribution is 7.91. The third kappa shape index (κ3) is 4.71. The predicted octanol–water partition coefficient (Wildman–Crippen LogP) is 0.517. The summed E-state index contributed by atoms with van der Waals surface area (Å²) in [6, 6.07) is 4.22. The topological polar surface area (TPSA) is 106 Å². The first-order valence-electron chi connectivity index (χ1n) is 5.53. The summed E-state index contributed by atoms with van der Waals surface area (Å²) in [5.41, 5.74) is 6.31. The van der Waals surface area contributed by atoms with Crippen molar-refractivity contribution in [1.29, 1.82) is 0 Å². The highest BCUT2D eigenvalue weighted by Gasteiger charge is 2.16. The summed E-state index contributed by atoms with van der Waals surface area (Å²) in [5, 5.41) is 2.91. The molecule has 108 valence electrons. The van der Waals surface area contributed by atoms with Crippen LogP contribution in [-0.2, 0) is 19.7 Å². The van der Waals surface area contributed by atoms with E-state index in [1.807, 2.05) is 0 Å². The third-order valence-electron chi connectivity index (χ3n) is 2.42. The fraction of sp³-hybridized carbons (Fsp3) is 0.455. The zero-order chi connectivity index (χ0) is 14.8. The number of para-hydroxylation sites is 1. The number of nitrogens with one attached hydrogen (secondary N) is 1. The molecule has 1 aromatic rings. The zero-order valence-electron chi connectivity index (χ0n) is 11.0. The van der Waals surface area contributed by atoms with E-state index in [2.05, 4.69) is 5.32 Å². The van der Waals surface area contributed by atoms with Crippen molar-refractivity contribution in [2.75, 3.05) is 29.3 Å². The second kappa shape index (κ2) is 5.38. The van der Waals surface area contributed by atoms with Gasteiger partial charge in [-0.15, -0.1) is 0 Å². The van der Waals surface area contributed by atoms with Crippen molar-refractivity contribution in [3.05, 3.63) is 18.2 Å². The Labute approximate surface area is 113 Å². The van der Waals surface area contributed by atoms with Crippen LogP contribution in [0.5, 0.6) is 0 Å². The molecule has 0 saturated carbocycles.